The van der Waals surface area contributed by atoms with E-state index in [9.17, 15) is 0 Å². The fourth-order valence-electron chi connectivity index (χ4n) is 2.98. The van der Waals surface area contributed by atoms with E-state index < -0.39 is 0 Å². The first-order valence-electron chi connectivity index (χ1n) is 7.40. The Hall–Kier alpha value is -1.75. The predicted molar refractivity (Wildman–Crippen MR) is 76.4 cm³/mol. The van der Waals surface area contributed by atoms with Gasteiger partial charge in [0.15, 0.2) is 11.5 Å². The van der Waals surface area contributed by atoms with Crippen molar-refractivity contribution in [1.82, 2.24) is 15.3 Å². The highest BCUT2D eigenvalue weighted by Gasteiger charge is 2.18. The minimum absolute atomic E-state index is 0.556. The van der Waals surface area contributed by atoms with Gasteiger partial charge < -0.3 is 19.8 Å². The monoisotopic (exact) mass is 273 g/mol. The molecule has 5 nitrogen and oxygen atoms in total. The first kappa shape index (κ1) is 12.0. The third kappa shape index (κ3) is 2.22. The van der Waals surface area contributed by atoms with Crippen LogP contribution in [-0.4, -0.2) is 35.8 Å². The molecule has 2 aromatic rings. The molecule has 0 spiro atoms. The topological polar surface area (TPSA) is 59.2 Å². The van der Waals surface area contributed by atoms with E-state index in [1.165, 1.54) is 12.8 Å². The third-order valence-electron chi connectivity index (χ3n) is 4.00. The summed E-state index contributed by atoms with van der Waals surface area (Å²) in [5.74, 6) is 2.68. The number of fused-ring (bicyclic) bond motifs is 2. The predicted octanol–water partition coefficient (Wildman–Crippen LogP) is 2.02. The lowest BCUT2D eigenvalue weighted by molar-refractivity contribution is 0.297. The number of benzene rings is 1. The molecule has 2 aliphatic rings. The molecule has 0 aliphatic carbocycles. The van der Waals surface area contributed by atoms with Crippen LogP contribution in [0.5, 0.6) is 11.5 Å². The van der Waals surface area contributed by atoms with Crippen molar-refractivity contribution in [2.24, 2.45) is 0 Å². The molecule has 3 heterocycles. The first-order valence-corrected chi connectivity index (χ1v) is 7.40. The summed E-state index contributed by atoms with van der Waals surface area (Å²) >= 11 is 0. The van der Waals surface area contributed by atoms with Gasteiger partial charge in [-0.2, -0.15) is 0 Å². The van der Waals surface area contributed by atoms with Crippen molar-refractivity contribution in [2.75, 3.05) is 19.8 Å². The molecular weight excluding hydrogens is 254 g/mol. The highest BCUT2D eigenvalue weighted by molar-refractivity contribution is 5.79. The molecule has 0 saturated carbocycles. The largest absolute Gasteiger partial charge is 0.489 e. The maximum atomic E-state index is 5.71. The number of aromatic amines is 1. The van der Waals surface area contributed by atoms with Gasteiger partial charge in [-0.1, -0.05) is 0 Å². The number of hydrogen-bond donors (Lipinski definition) is 2. The molecule has 20 heavy (non-hydrogen) atoms. The maximum Gasteiger partial charge on any atom is 0.163 e. The van der Waals surface area contributed by atoms with Crippen molar-refractivity contribution in [3.05, 3.63) is 18.0 Å². The summed E-state index contributed by atoms with van der Waals surface area (Å²) in [6.07, 6.45) is 4.39. The molecule has 5 heteroatoms. The lowest BCUT2D eigenvalue weighted by Crippen LogP contribution is -2.24. The van der Waals surface area contributed by atoms with Gasteiger partial charge in [0, 0.05) is 31.0 Å². The summed E-state index contributed by atoms with van der Waals surface area (Å²) in [5, 5.41) is 3.50. The smallest absolute Gasteiger partial charge is 0.163 e. The summed E-state index contributed by atoms with van der Waals surface area (Å²) in [5.41, 5.74) is 1.99. The average Bonchev–Trinajstić information content (AvgIpc) is 3.01. The van der Waals surface area contributed by atoms with Gasteiger partial charge in [0.05, 0.1) is 24.2 Å². The molecule has 0 radical (unpaired) electrons. The Morgan fingerprint density at radius 1 is 1.15 bits per heavy atom. The van der Waals surface area contributed by atoms with E-state index >= 15 is 0 Å². The zero-order valence-corrected chi connectivity index (χ0v) is 11.4. The highest BCUT2D eigenvalue weighted by Crippen LogP contribution is 2.33. The molecular formula is C15H19N3O2. The average molecular weight is 273 g/mol. The van der Waals surface area contributed by atoms with Crippen LogP contribution >= 0.6 is 0 Å². The Bertz CT molecular complexity index is 574. The van der Waals surface area contributed by atoms with E-state index in [-0.39, 0.29) is 0 Å². The van der Waals surface area contributed by atoms with Crippen molar-refractivity contribution < 1.29 is 9.47 Å². The van der Waals surface area contributed by atoms with E-state index in [2.05, 4.69) is 15.3 Å². The molecule has 1 atom stereocenters. The molecule has 0 bridgehead atoms. The number of nitrogens with zero attached hydrogens (tertiary/aromatic N) is 1. The number of rotatable bonds is 2. The van der Waals surface area contributed by atoms with Crippen LogP contribution < -0.4 is 14.8 Å². The van der Waals surface area contributed by atoms with Gasteiger partial charge in [0.25, 0.3) is 0 Å². The minimum atomic E-state index is 0.556. The number of ether oxygens (including phenoxy) is 2. The van der Waals surface area contributed by atoms with E-state index in [1.807, 2.05) is 12.1 Å². The second-order valence-electron chi connectivity index (χ2n) is 5.55. The molecule has 1 fully saturated rings. The van der Waals surface area contributed by atoms with Gasteiger partial charge in [-0.05, 0) is 19.4 Å². The third-order valence-corrected chi connectivity index (χ3v) is 4.00. The Kier molecular flexibility index (Phi) is 2.99. The van der Waals surface area contributed by atoms with Gasteiger partial charge >= 0.3 is 0 Å². The molecule has 106 valence electrons. The molecule has 1 saturated heterocycles. The van der Waals surface area contributed by atoms with Gasteiger partial charge in [0.2, 0.25) is 0 Å². The lowest BCUT2D eigenvalue weighted by Gasteiger charge is -2.06. The van der Waals surface area contributed by atoms with Gasteiger partial charge in [-0.15, -0.1) is 0 Å². The minimum Gasteiger partial charge on any atom is -0.489 e. The number of hydrogen-bond acceptors (Lipinski definition) is 4. The van der Waals surface area contributed by atoms with E-state index in [0.717, 1.165) is 47.7 Å². The lowest BCUT2D eigenvalue weighted by atomic mass is 10.1. The Morgan fingerprint density at radius 2 is 2.00 bits per heavy atom. The number of nitrogens with one attached hydrogen (secondary N) is 2. The Labute approximate surface area is 117 Å². The van der Waals surface area contributed by atoms with Gasteiger partial charge in [-0.25, -0.2) is 4.98 Å². The van der Waals surface area contributed by atoms with Crippen LogP contribution in [0.1, 0.15) is 25.1 Å². The van der Waals surface area contributed by atoms with Crippen molar-refractivity contribution in [3.8, 4) is 11.5 Å². The summed E-state index contributed by atoms with van der Waals surface area (Å²) in [7, 11) is 0. The number of H-pyrrole nitrogens is 1. The zero-order valence-electron chi connectivity index (χ0n) is 11.4. The van der Waals surface area contributed by atoms with Gasteiger partial charge in [0.1, 0.15) is 5.82 Å². The number of imidazole rings is 1. The Morgan fingerprint density at radius 3 is 2.80 bits per heavy atom. The van der Waals surface area contributed by atoms with Crippen LogP contribution in [0, 0.1) is 0 Å². The molecule has 2 aliphatic heterocycles. The summed E-state index contributed by atoms with van der Waals surface area (Å²) in [6, 6.07) is 4.55. The summed E-state index contributed by atoms with van der Waals surface area (Å²) in [6.45, 7) is 2.55. The molecule has 1 unspecified atom stereocenters. The molecule has 2 N–H and O–H groups in total. The van der Waals surface area contributed by atoms with Crippen LogP contribution in [0.4, 0.5) is 0 Å². The van der Waals surface area contributed by atoms with Crippen molar-refractivity contribution in [2.45, 2.75) is 31.7 Å². The fraction of sp³-hybridized carbons (Fsp3) is 0.533. The quantitative estimate of drug-likeness (QED) is 0.879. The normalized spacial score (nSPS) is 22.1. The molecule has 1 aromatic carbocycles. The SMILES string of the molecule is c1c2c(cc3[nH]c(CC4CCCN4)nc13)OCCCO2. The fourth-order valence-corrected chi connectivity index (χ4v) is 2.98. The van der Waals surface area contributed by atoms with Gasteiger partial charge in [-0.3, -0.25) is 0 Å². The van der Waals surface area contributed by atoms with E-state index in [0.29, 0.717) is 19.3 Å². The molecule has 4 rings (SSSR count). The van der Waals surface area contributed by atoms with Crippen LogP contribution in [0.15, 0.2) is 12.1 Å². The zero-order chi connectivity index (χ0) is 13.4. The van der Waals surface area contributed by atoms with E-state index in [4.69, 9.17) is 9.47 Å². The summed E-state index contributed by atoms with van der Waals surface area (Å²) < 4.78 is 11.4. The first-order chi connectivity index (χ1) is 9.88. The van der Waals surface area contributed by atoms with Crippen LogP contribution in [0.25, 0.3) is 11.0 Å². The van der Waals surface area contributed by atoms with Crippen LogP contribution in [-0.2, 0) is 6.42 Å². The standard InChI is InChI=1S/C15H19N3O2/c1-3-10(16-4-1)7-15-17-11-8-13-14(9-12(11)18-15)20-6-2-5-19-13/h8-10,16H,1-7H2,(H,17,18). The van der Waals surface area contributed by atoms with E-state index in [1.54, 1.807) is 0 Å². The van der Waals surface area contributed by atoms with Crippen molar-refractivity contribution >= 4 is 11.0 Å². The Balaban J connectivity index is 1.65. The van der Waals surface area contributed by atoms with Crippen LogP contribution in [0.2, 0.25) is 0 Å². The summed E-state index contributed by atoms with van der Waals surface area (Å²) in [4.78, 5) is 8.09. The molecule has 1 aromatic heterocycles. The van der Waals surface area contributed by atoms with Crippen molar-refractivity contribution in [3.63, 3.8) is 0 Å². The second-order valence-corrected chi connectivity index (χ2v) is 5.55. The maximum absolute atomic E-state index is 5.71. The van der Waals surface area contributed by atoms with Crippen LogP contribution in [0.3, 0.4) is 0 Å². The second kappa shape index (κ2) is 4.98. The number of aromatic nitrogens is 2. The highest BCUT2D eigenvalue weighted by atomic mass is 16.5. The van der Waals surface area contributed by atoms with Crippen molar-refractivity contribution in [1.29, 1.82) is 0 Å². The molecule has 0 amide bonds.